The molecular weight excluding hydrogens is 218 g/mol. The molecule has 0 saturated heterocycles. The van der Waals surface area contributed by atoms with E-state index in [0.717, 1.165) is 5.56 Å². The molecule has 0 spiro atoms. The van der Waals surface area contributed by atoms with Gasteiger partial charge in [0.15, 0.2) is 5.82 Å². The average molecular weight is 229 g/mol. The largest absolute Gasteiger partial charge is 0.338 e. The monoisotopic (exact) mass is 229 g/mol. The van der Waals surface area contributed by atoms with E-state index in [4.69, 9.17) is 9.78 Å². The molecule has 0 amide bonds. The van der Waals surface area contributed by atoms with E-state index >= 15 is 0 Å². The van der Waals surface area contributed by atoms with E-state index in [1.807, 2.05) is 12.1 Å². The van der Waals surface area contributed by atoms with E-state index in [1.165, 1.54) is 0 Å². The minimum atomic E-state index is 0.415. The van der Waals surface area contributed by atoms with Crippen molar-refractivity contribution in [1.29, 1.82) is 5.26 Å². The first kappa shape index (κ1) is 11.2. The zero-order valence-electron chi connectivity index (χ0n) is 9.34. The van der Waals surface area contributed by atoms with Crippen LogP contribution >= 0.6 is 0 Å². The predicted octanol–water partition coefficient (Wildman–Crippen LogP) is 0.934. The summed E-state index contributed by atoms with van der Waals surface area (Å²) in [7, 11) is 0. The van der Waals surface area contributed by atoms with E-state index in [0.29, 0.717) is 30.5 Å². The summed E-state index contributed by atoms with van der Waals surface area (Å²) in [5.74, 6) is 1.18. The van der Waals surface area contributed by atoms with Crippen LogP contribution in [0, 0.1) is 18.3 Å². The van der Waals surface area contributed by atoms with Gasteiger partial charge >= 0.3 is 0 Å². The first-order valence-corrected chi connectivity index (χ1v) is 5.13. The SMILES string of the molecule is Cc1noc(CNCc2ccnc(C#N)c2)n1. The quantitative estimate of drug-likeness (QED) is 0.839. The van der Waals surface area contributed by atoms with Gasteiger partial charge in [0.25, 0.3) is 0 Å². The molecular formula is C11H11N5O. The first-order valence-electron chi connectivity index (χ1n) is 5.13. The van der Waals surface area contributed by atoms with Crippen molar-refractivity contribution < 1.29 is 4.52 Å². The average Bonchev–Trinajstić information content (AvgIpc) is 2.75. The predicted molar refractivity (Wildman–Crippen MR) is 58.5 cm³/mol. The Kier molecular flexibility index (Phi) is 3.43. The molecule has 0 aromatic carbocycles. The summed E-state index contributed by atoms with van der Waals surface area (Å²) in [6, 6.07) is 5.60. The Morgan fingerprint density at radius 1 is 1.47 bits per heavy atom. The summed E-state index contributed by atoms with van der Waals surface area (Å²) in [5, 5.41) is 15.5. The molecule has 1 N–H and O–H groups in total. The summed E-state index contributed by atoms with van der Waals surface area (Å²) in [5.41, 5.74) is 1.41. The number of pyridine rings is 1. The summed E-state index contributed by atoms with van der Waals surface area (Å²) in [6.07, 6.45) is 1.62. The second-order valence-corrected chi connectivity index (χ2v) is 3.50. The highest BCUT2D eigenvalue weighted by Crippen LogP contribution is 2.01. The number of nitrogens with one attached hydrogen (secondary N) is 1. The lowest BCUT2D eigenvalue weighted by Gasteiger charge is -2.01. The van der Waals surface area contributed by atoms with Gasteiger partial charge in [0, 0.05) is 12.7 Å². The molecule has 2 rings (SSSR count). The molecule has 0 unspecified atom stereocenters. The van der Waals surface area contributed by atoms with Crippen molar-refractivity contribution in [3.05, 3.63) is 41.3 Å². The summed E-state index contributed by atoms with van der Waals surface area (Å²) < 4.78 is 4.96. The van der Waals surface area contributed by atoms with Crippen LogP contribution in [-0.4, -0.2) is 15.1 Å². The maximum atomic E-state index is 8.70. The fourth-order valence-electron chi connectivity index (χ4n) is 1.37. The van der Waals surface area contributed by atoms with E-state index < -0.39 is 0 Å². The van der Waals surface area contributed by atoms with Crippen LogP contribution in [0.5, 0.6) is 0 Å². The molecule has 6 heteroatoms. The molecule has 0 aliphatic heterocycles. The number of nitriles is 1. The highest BCUT2D eigenvalue weighted by atomic mass is 16.5. The fourth-order valence-corrected chi connectivity index (χ4v) is 1.37. The van der Waals surface area contributed by atoms with Crippen molar-refractivity contribution in [2.45, 2.75) is 20.0 Å². The number of aryl methyl sites for hydroxylation is 1. The van der Waals surface area contributed by atoms with Crippen molar-refractivity contribution in [3.8, 4) is 6.07 Å². The zero-order valence-corrected chi connectivity index (χ0v) is 9.34. The van der Waals surface area contributed by atoms with Crippen LogP contribution in [0.1, 0.15) is 23.0 Å². The van der Waals surface area contributed by atoms with Crippen LogP contribution in [-0.2, 0) is 13.1 Å². The molecule has 2 heterocycles. The lowest BCUT2D eigenvalue weighted by atomic mass is 10.2. The smallest absolute Gasteiger partial charge is 0.240 e. The molecule has 0 radical (unpaired) electrons. The lowest BCUT2D eigenvalue weighted by molar-refractivity contribution is 0.364. The summed E-state index contributed by atoms with van der Waals surface area (Å²) in [4.78, 5) is 7.97. The minimum absolute atomic E-state index is 0.415. The number of aromatic nitrogens is 3. The molecule has 6 nitrogen and oxygen atoms in total. The normalized spacial score (nSPS) is 10.1. The molecule has 0 atom stereocenters. The van der Waals surface area contributed by atoms with Crippen molar-refractivity contribution in [1.82, 2.24) is 20.4 Å². The van der Waals surface area contributed by atoms with Gasteiger partial charge in [-0.2, -0.15) is 10.2 Å². The highest BCUT2D eigenvalue weighted by Gasteiger charge is 2.02. The fraction of sp³-hybridized carbons (Fsp3) is 0.273. The van der Waals surface area contributed by atoms with Crippen molar-refractivity contribution in [2.24, 2.45) is 0 Å². The molecule has 0 fully saturated rings. The molecule has 17 heavy (non-hydrogen) atoms. The number of rotatable bonds is 4. The number of nitrogens with zero attached hydrogens (tertiary/aromatic N) is 4. The van der Waals surface area contributed by atoms with Gasteiger partial charge in [-0.05, 0) is 24.6 Å². The van der Waals surface area contributed by atoms with Gasteiger partial charge < -0.3 is 9.84 Å². The van der Waals surface area contributed by atoms with Gasteiger partial charge in [-0.3, -0.25) is 0 Å². The third-order valence-electron chi connectivity index (χ3n) is 2.11. The molecule has 2 aromatic heterocycles. The number of hydrogen-bond donors (Lipinski definition) is 1. The molecule has 0 aliphatic carbocycles. The van der Waals surface area contributed by atoms with E-state index in [2.05, 4.69) is 20.4 Å². The molecule has 2 aromatic rings. The van der Waals surface area contributed by atoms with Crippen molar-refractivity contribution >= 4 is 0 Å². The molecule has 0 bridgehead atoms. The topological polar surface area (TPSA) is 87.6 Å². The highest BCUT2D eigenvalue weighted by molar-refractivity contribution is 5.25. The number of hydrogen-bond acceptors (Lipinski definition) is 6. The Labute approximate surface area is 98.3 Å². The third kappa shape index (κ3) is 3.09. The van der Waals surface area contributed by atoms with E-state index in [-0.39, 0.29) is 0 Å². The van der Waals surface area contributed by atoms with Crippen LogP contribution in [0.3, 0.4) is 0 Å². The van der Waals surface area contributed by atoms with Crippen LogP contribution in [0.15, 0.2) is 22.9 Å². The van der Waals surface area contributed by atoms with Crippen LogP contribution in [0.2, 0.25) is 0 Å². The second-order valence-electron chi connectivity index (χ2n) is 3.50. The van der Waals surface area contributed by atoms with Gasteiger partial charge in [-0.15, -0.1) is 0 Å². The van der Waals surface area contributed by atoms with Crippen LogP contribution in [0.4, 0.5) is 0 Å². The van der Waals surface area contributed by atoms with E-state index in [1.54, 1.807) is 19.2 Å². The Morgan fingerprint density at radius 3 is 3.06 bits per heavy atom. The van der Waals surface area contributed by atoms with Crippen molar-refractivity contribution in [2.75, 3.05) is 0 Å². The molecule has 86 valence electrons. The van der Waals surface area contributed by atoms with Gasteiger partial charge in [0.2, 0.25) is 5.89 Å². The van der Waals surface area contributed by atoms with Gasteiger partial charge in [0.1, 0.15) is 11.8 Å². The maximum absolute atomic E-state index is 8.70. The zero-order chi connectivity index (χ0) is 12.1. The molecule has 0 aliphatic rings. The summed E-state index contributed by atoms with van der Waals surface area (Å²) in [6.45, 7) is 2.90. The lowest BCUT2D eigenvalue weighted by Crippen LogP contribution is -2.13. The van der Waals surface area contributed by atoms with Gasteiger partial charge in [0.05, 0.1) is 6.54 Å². The Morgan fingerprint density at radius 2 is 2.35 bits per heavy atom. The standard InChI is InChI=1S/C11H11N5O/c1-8-15-11(17-16-8)7-13-6-9-2-3-14-10(4-9)5-12/h2-4,13H,6-7H2,1H3. The Balaban J connectivity index is 1.88. The van der Waals surface area contributed by atoms with E-state index in [9.17, 15) is 0 Å². The Bertz CT molecular complexity index is 543. The molecule has 0 saturated carbocycles. The second kappa shape index (κ2) is 5.18. The van der Waals surface area contributed by atoms with Crippen molar-refractivity contribution in [3.63, 3.8) is 0 Å². The van der Waals surface area contributed by atoms with Gasteiger partial charge in [-0.25, -0.2) is 4.98 Å². The first-order chi connectivity index (χ1) is 8.28. The summed E-state index contributed by atoms with van der Waals surface area (Å²) >= 11 is 0. The maximum Gasteiger partial charge on any atom is 0.240 e. The van der Waals surface area contributed by atoms with Crippen LogP contribution in [0.25, 0.3) is 0 Å². The minimum Gasteiger partial charge on any atom is -0.338 e. The van der Waals surface area contributed by atoms with Gasteiger partial charge in [-0.1, -0.05) is 5.16 Å². The third-order valence-corrected chi connectivity index (χ3v) is 2.11. The van der Waals surface area contributed by atoms with Crippen LogP contribution < -0.4 is 5.32 Å². The Hall–Kier alpha value is -2.26.